The molecule has 0 aromatic heterocycles. The molecule has 0 saturated heterocycles. The zero-order valence-electron chi connectivity index (χ0n) is 7.90. The topological polar surface area (TPSA) is 40.5 Å². The van der Waals surface area contributed by atoms with E-state index >= 15 is 0 Å². The van der Waals surface area contributed by atoms with Crippen LogP contribution < -0.4 is 0 Å². The summed E-state index contributed by atoms with van der Waals surface area (Å²) in [5.41, 5.74) is 1.18. The van der Waals surface area contributed by atoms with Crippen molar-refractivity contribution in [3.8, 4) is 0 Å². The van der Waals surface area contributed by atoms with E-state index in [9.17, 15) is 9.59 Å². The van der Waals surface area contributed by atoms with E-state index in [1.807, 2.05) is 37.3 Å². The normalized spacial score (nSPS) is 11.6. The molecule has 1 aromatic carbocycles. The molecule has 0 unspecified atom stereocenters. The highest BCUT2D eigenvalue weighted by molar-refractivity contribution is 6.64. The van der Waals surface area contributed by atoms with E-state index in [1.54, 1.807) is 0 Å². The Labute approximate surface area is 80.1 Å². The fourth-order valence-electron chi connectivity index (χ4n) is 1.17. The summed E-state index contributed by atoms with van der Waals surface area (Å²) in [6.45, 7) is 1.83. The van der Waals surface area contributed by atoms with Gasteiger partial charge in [-0.1, -0.05) is 37.3 Å². The summed E-state index contributed by atoms with van der Waals surface area (Å²) in [6.07, 6.45) is 0.772. The van der Waals surface area contributed by atoms with Crippen molar-refractivity contribution in [1.82, 2.24) is 0 Å². The average molecular weight is 196 g/mol. The monoisotopic (exact) mass is 196 g/mol. The summed E-state index contributed by atoms with van der Waals surface area (Å²) >= 11 is 0. The van der Waals surface area contributed by atoms with Crippen molar-refractivity contribution in [1.29, 1.82) is 0 Å². The number of rotatable bonds is 4. The molecule has 13 heavy (non-hydrogen) atoms. The van der Waals surface area contributed by atoms with Gasteiger partial charge in [0, 0.05) is 0 Å². The SMILES string of the molecule is CC[Si](O)(O)CCc1ccccc1. The Hall–Kier alpha value is -0.643. The molecular weight excluding hydrogens is 180 g/mol. The molecule has 0 aliphatic rings. The van der Waals surface area contributed by atoms with Gasteiger partial charge in [-0.05, 0) is 24.1 Å². The third-order valence-corrected chi connectivity index (χ3v) is 4.41. The van der Waals surface area contributed by atoms with Crippen LogP contribution in [0.25, 0.3) is 0 Å². The molecule has 0 aliphatic heterocycles. The van der Waals surface area contributed by atoms with Crippen LogP contribution in [-0.2, 0) is 6.42 Å². The maximum absolute atomic E-state index is 9.48. The van der Waals surface area contributed by atoms with E-state index < -0.39 is 8.56 Å². The number of hydrogen-bond donors (Lipinski definition) is 2. The summed E-state index contributed by atoms with van der Waals surface area (Å²) < 4.78 is 0. The van der Waals surface area contributed by atoms with Gasteiger partial charge in [0.15, 0.2) is 0 Å². The summed E-state index contributed by atoms with van der Waals surface area (Å²) in [4.78, 5) is 19.0. The van der Waals surface area contributed by atoms with Gasteiger partial charge in [0.05, 0.1) is 0 Å². The fourth-order valence-corrected chi connectivity index (χ4v) is 2.21. The summed E-state index contributed by atoms with van der Waals surface area (Å²) in [6, 6.07) is 11.0. The lowest BCUT2D eigenvalue weighted by atomic mass is 10.2. The first-order chi connectivity index (χ1) is 6.14. The fraction of sp³-hybridized carbons (Fsp3) is 0.400. The van der Waals surface area contributed by atoms with Crippen molar-refractivity contribution in [2.75, 3.05) is 0 Å². The Morgan fingerprint density at radius 3 is 2.31 bits per heavy atom. The van der Waals surface area contributed by atoms with Crippen molar-refractivity contribution in [3.63, 3.8) is 0 Å². The van der Waals surface area contributed by atoms with E-state index in [2.05, 4.69) is 0 Å². The Morgan fingerprint density at radius 2 is 1.77 bits per heavy atom. The van der Waals surface area contributed by atoms with Gasteiger partial charge in [0.1, 0.15) is 0 Å². The zero-order chi connectivity index (χ0) is 9.73. The van der Waals surface area contributed by atoms with E-state index in [1.165, 1.54) is 5.56 Å². The maximum Gasteiger partial charge on any atom is 0.332 e. The van der Waals surface area contributed by atoms with E-state index in [0.717, 1.165) is 6.42 Å². The third-order valence-electron chi connectivity index (χ3n) is 2.22. The molecule has 0 heterocycles. The van der Waals surface area contributed by atoms with Crippen LogP contribution in [0.4, 0.5) is 0 Å². The number of hydrogen-bond acceptors (Lipinski definition) is 2. The van der Waals surface area contributed by atoms with Crippen LogP contribution in [0.15, 0.2) is 30.3 Å². The molecule has 0 amide bonds. The average Bonchev–Trinajstić information content (AvgIpc) is 2.17. The first-order valence-corrected chi connectivity index (χ1v) is 6.93. The smallest absolute Gasteiger partial charge is 0.332 e. The molecule has 0 fully saturated rings. The van der Waals surface area contributed by atoms with Gasteiger partial charge < -0.3 is 9.59 Å². The lowest BCUT2D eigenvalue weighted by molar-refractivity contribution is 0.359. The predicted molar refractivity (Wildman–Crippen MR) is 55.6 cm³/mol. The van der Waals surface area contributed by atoms with Crippen LogP contribution in [0.1, 0.15) is 12.5 Å². The number of aryl methyl sites for hydroxylation is 1. The van der Waals surface area contributed by atoms with Gasteiger partial charge in [0.2, 0.25) is 0 Å². The van der Waals surface area contributed by atoms with Crippen LogP contribution >= 0.6 is 0 Å². The molecular formula is C10H16O2Si. The highest BCUT2D eigenvalue weighted by Crippen LogP contribution is 2.12. The second-order valence-electron chi connectivity index (χ2n) is 3.32. The standard InChI is InChI=1S/C10H16O2Si/c1-2-13(11,12)9-8-10-6-4-3-5-7-10/h3-7,11-12H,2,8-9H2,1H3. The molecule has 0 radical (unpaired) electrons. The molecule has 2 nitrogen and oxygen atoms in total. The highest BCUT2D eigenvalue weighted by Gasteiger charge is 2.25. The van der Waals surface area contributed by atoms with Gasteiger partial charge in [0.25, 0.3) is 0 Å². The minimum Gasteiger partial charge on any atom is -0.411 e. The Kier molecular flexibility index (Phi) is 3.66. The van der Waals surface area contributed by atoms with Crippen LogP contribution in [0.2, 0.25) is 12.1 Å². The molecule has 0 bridgehead atoms. The van der Waals surface area contributed by atoms with Crippen LogP contribution in [0, 0.1) is 0 Å². The van der Waals surface area contributed by atoms with Gasteiger partial charge in [-0.2, -0.15) is 0 Å². The molecule has 0 atom stereocenters. The van der Waals surface area contributed by atoms with Gasteiger partial charge in [-0.15, -0.1) is 0 Å². The van der Waals surface area contributed by atoms with Crippen LogP contribution in [0.3, 0.4) is 0 Å². The zero-order valence-corrected chi connectivity index (χ0v) is 8.90. The first-order valence-electron chi connectivity index (χ1n) is 4.63. The molecule has 0 spiro atoms. The second-order valence-corrected chi connectivity index (χ2v) is 6.49. The summed E-state index contributed by atoms with van der Waals surface area (Å²) in [5.74, 6) is 0. The molecule has 0 aliphatic carbocycles. The molecule has 2 N–H and O–H groups in total. The molecule has 1 aromatic rings. The minimum atomic E-state index is -2.86. The van der Waals surface area contributed by atoms with Crippen molar-refractivity contribution in [2.45, 2.75) is 25.4 Å². The Bertz CT molecular complexity index is 246. The molecule has 3 heteroatoms. The lowest BCUT2D eigenvalue weighted by Gasteiger charge is -2.14. The van der Waals surface area contributed by atoms with E-state index in [0.29, 0.717) is 12.1 Å². The largest absolute Gasteiger partial charge is 0.411 e. The van der Waals surface area contributed by atoms with Gasteiger partial charge in [-0.3, -0.25) is 0 Å². The van der Waals surface area contributed by atoms with Crippen molar-refractivity contribution < 1.29 is 9.59 Å². The number of benzene rings is 1. The summed E-state index contributed by atoms with van der Waals surface area (Å²) in [5, 5.41) is 0. The molecule has 1 rings (SSSR count). The van der Waals surface area contributed by atoms with Crippen LogP contribution in [0.5, 0.6) is 0 Å². The predicted octanol–water partition coefficient (Wildman–Crippen LogP) is 1.68. The van der Waals surface area contributed by atoms with Gasteiger partial charge >= 0.3 is 8.56 Å². The first kappa shape index (κ1) is 10.4. The maximum atomic E-state index is 9.48. The van der Waals surface area contributed by atoms with Gasteiger partial charge in [-0.25, -0.2) is 0 Å². The second kappa shape index (κ2) is 4.55. The molecule has 0 saturated carbocycles. The van der Waals surface area contributed by atoms with E-state index in [-0.39, 0.29) is 0 Å². The Balaban J connectivity index is 2.44. The summed E-state index contributed by atoms with van der Waals surface area (Å²) in [7, 11) is -2.86. The van der Waals surface area contributed by atoms with E-state index in [4.69, 9.17) is 0 Å². The third kappa shape index (κ3) is 3.72. The van der Waals surface area contributed by atoms with Crippen molar-refractivity contribution in [2.24, 2.45) is 0 Å². The van der Waals surface area contributed by atoms with Crippen molar-refractivity contribution >= 4 is 8.56 Å². The van der Waals surface area contributed by atoms with Crippen LogP contribution in [-0.4, -0.2) is 18.2 Å². The van der Waals surface area contributed by atoms with Crippen molar-refractivity contribution in [3.05, 3.63) is 35.9 Å². The Morgan fingerprint density at radius 1 is 1.15 bits per heavy atom. The molecule has 72 valence electrons. The quantitative estimate of drug-likeness (QED) is 0.719. The lowest BCUT2D eigenvalue weighted by Crippen LogP contribution is -2.33. The highest BCUT2D eigenvalue weighted by atomic mass is 28.4. The minimum absolute atomic E-state index is 0.514.